The van der Waals surface area contributed by atoms with Crippen molar-refractivity contribution in [1.82, 2.24) is 0 Å². The number of rotatable bonds is 4. The van der Waals surface area contributed by atoms with E-state index in [2.05, 4.69) is 6.92 Å². The van der Waals surface area contributed by atoms with Crippen molar-refractivity contribution in [3.05, 3.63) is 23.8 Å². The van der Waals surface area contributed by atoms with Crippen LogP contribution in [0.15, 0.2) is 18.2 Å². The predicted octanol–water partition coefficient (Wildman–Crippen LogP) is 3.04. The lowest BCUT2D eigenvalue weighted by Gasteiger charge is -2.27. The van der Waals surface area contributed by atoms with Crippen molar-refractivity contribution in [2.75, 3.05) is 13.4 Å². The molecule has 1 heterocycles. The zero-order chi connectivity index (χ0) is 13.9. The van der Waals surface area contributed by atoms with Gasteiger partial charge in [-0.25, -0.2) is 0 Å². The number of benzene rings is 1. The Bertz CT molecular complexity index is 460. The molecule has 1 fully saturated rings. The van der Waals surface area contributed by atoms with Crippen LogP contribution in [-0.4, -0.2) is 24.6 Å². The molecular weight excluding hydrogens is 256 g/mol. The van der Waals surface area contributed by atoms with Crippen LogP contribution in [0, 0.1) is 5.92 Å². The summed E-state index contributed by atoms with van der Waals surface area (Å²) >= 11 is 0. The highest BCUT2D eigenvalue weighted by molar-refractivity contribution is 5.45. The molecule has 3 unspecified atom stereocenters. The predicted molar refractivity (Wildman–Crippen MR) is 74.9 cm³/mol. The highest BCUT2D eigenvalue weighted by atomic mass is 16.7. The van der Waals surface area contributed by atoms with Crippen LogP contribution in [0.4, 0.5) is 0 Å². The number of aliphatic hydroxyl groups is 1. The lowest BCUT2D eigenvalue weighted by molar-refractivity contribution is -0.0322. The third-order valence-electron chi connectivity index (χ3n) is 4.16. The minimum atomic E-state index is -0.610. The fraction of sp³-hybridized carbons (Fsp3) is 0.625. The van der Waals surface area contributed by atoms with Gasteiger partial charge >= 0.3 is 0 Å². The molecule has 0 bridgehead atoms. The zero-order valence-corrected chi connectivity index (χ0v) is 11.9. The molecule has 4 nitrogen and oxygen atoms in total. The maximum atomic E-state index is 10.2. The second kappa shape index (κ2) is 6.02. The SMILES string of the molecule is CC1CCCC(OCC(O)c2ccc3c(c2)OCO3)C1. The fourth-order valence-electron chi connectivity index (χ4n) is 2.97. The number of hydrogen-bond donors (Lipinski definition) is 1. The molecule has 2 aliphatic rings. The van der Waals surface area contributed by atoms with Gasteiger partial charge in [0.2, 0.25) is 6.79 Å². The van der Waals surface area contributed by atoms with Crippen LogP contribution in [0.2, 0.25) is 0 Å². The smallest absolute Gasteiger partial charge is 0.231 e. The maximum absolute atomic E-state index is 10.2. The van der Waals surface area contributed by atoms with E-state index in [1.54, 1.807) is 0 Å². The number of hydrogen-bond acceptors (Lipinski definition) is 4. The summed E-state index contributed by atoms with van der Waals surface area (Å²) in [5.74, 6) is 2.17. The summed E-state index contributed by atoms with van der Waals surface area (Å²) in [4.78, 5) is 0. The van der Waals surface area contributed by atoms with Gasteiger partial charge in [-0.1, -0.05) is 25.8 Å². The topological polar surface area (TPSA) is 47.9 Å². The van der Waals surface area contributed by atoms with E-state index < -0.39 is 6.10 Å². The summed E-state index contributed by atoms with van der Waals surface area (Å²) in [6.45, 7) is 2.87. The first-order valence-electron chi connectivity index (χ1n) is 7.41. The Morgan fingerprint density at radius 2 is 2.15 bits per heavy atom. The van der Waals surface area contributed by atoms with Crippen LogP contribution >= 0.6 is 0 Å². The van der Waals surface area contributed by atoms with Crippen LogP contribution < -0.4 is 9.47 Å². The Morgan fingerprint density at radius 3 is 3.00 bits per heavy atom. The molecule has 1 aliphatic carbocycles. The lowest BCUT2D eigenvalue weighted by atomic mass is 9.89. The van der Waals surface area contributed by atoms with Crippen molar-refractivity contribution in [2.45, 2.75) is 44.8 Å². The standard InChI is InChI=1S/C16H22O4/c1-11-3-2-4-13(7-11)18-9-14(17)12-5-6-15-16(8-12)20-10-19-15/h5-6,8,11,13-14,17H,2-4,7,9-10H2,1H3. The van der Waals surface area contributed by atoms with Crippen LogP contribution in [0.1, 0.15) is 44.3 Å². The van der Waals surface area contributed by atoms with Gasteiger partial charge in [-0.05, 0) is 36.5 Å². The van der Waals surface area contributed by atoms with Crippen LogP contribution in [-0.2, 0) is 4.74 Å². The largest absolute Gasteiger partial charge is 0.454 e. The van der Waals surface area contributed by atoms with E-state index in [1.807, 2.05) is 18.2 Å². The first-order chi connectivity index (χ1) is 9.72. The monoisotopic (exact) mass is 278 g/mol. The van der Waals surface area contributed by atoms with Gasteiger partial charge in [0.15, 0.2) is 11.5 Å². The molecular formula is C16H22O4. The second-order valence-electron chi connectivity index (χ2n) is 5.86. The van der Waals surface area contributed by atoms with Gasteiger partial charge in [0.25, 0.3) is 0 Å². The molecule has 0 radical (unpaired) electrons. The molecule has 1 aromatic rings. The average Bonchev–Trinajstić information content (AvgIpc) is 2.92. The molecule has 3 atom stereocenters. The van der Waals surface area contributed by atoms with Crippen LogP contribution in [0.25, 0.3) is 0 Å². The van der Waals surface area contributed by atoms with E-state index in [9.17, 15) is 5.11 Å². The van der Waals surface area contributed by atoms with Crippen LogP contribution in [0.5, 0.6) is 11.5 Å². The molecule has 4 heteroatoms. The first kappa shape index (κ1) is 13.7. The normalized spacial score (nSPS) is 26.5. The minimum absolute atomic E-state index is 0.255. The van der Waals surface area contributed by atoms with E-state index in [-0.39, 0.29) is 6.79 Å². The van der Waals surface area contributed by atoms with Crippen molar-refractivity contribution in [3.8, 4) is 11.5 Å². The Hall–Kier alpha value is -1.26. The molecule has 1 aliphatic heterocycles. The van der Waals surface area contributed by atoms with Crippen molar-refractivity contribution in [1.29, 1.82) is 0 Å². The van der Waals surface area contributed by atoms with Gasteiger partial charge in [-0.15, -0.1) is 0 Å². The highest BCUT2D eigenvalue weighted by Crippen LogP contribution is 2.34. The van der Waals surface area contributed by atoms with E-state index in [1.165, 1.54) is 12.8 Å². The van der Waals surface area contributed by atoms with Crippen molar-refractivity contribution in [2.24, 2.45) is 5.92 Å². The van der Waals surface area contributed by atoms with E-state index in [4.69, 9.17) is 14.2 Å². The van der Waals surface area contributed by atoms with E-state index >= 15 is 0 Å². The maximum Gasteiger partial charge on any atom is 0.231 e. The molecule has 1 N–H and O–H groups in total. The summed E-state index contributed by atoms with van der Waals surface area (Å²) in [5, 5.41) is 10.2. The summed E-state index contributed by atoms with van der Waals surface area (Å²) in [7, 11) is 0. The zero-order valence-electron chi connectivity index (χ0n) is 11.9. The summed E-state index contributed by atoms with van der Waals surface area (Å²) < 4.78 is 16.5. The fourth-order valence-corrected chi connectivity index (χ4v) is 2.97. The first-order valence-corrected chi connectivity index (χ1v) is 7.41. The second-order valence-corrected chi connectivity index (χ2v) is 5.86. The third-order valence-corrected chi connectivity index (χ3v) is 4.16. The Balaban J connectivity index is 1.55. The van der Waals surface area contributed by atoms with E-state index in [0.717, 1.165) is 30.1 Å². The highest BCUT2D eigenvalue weighted by Gasteiger charge is 2.21. The quantitative estimate of drug-likeness (QED) is 0.919. The van der Waals surface area contributed by atoms with Crippen molar-refractivity contribution < 1.29 is 19.3 Å². The Labute approximate surface area is 119 Å². The minimum Gasteiger partial charge on any atom is -0.454 e. The molecule has 20 heavy (non-hydrogen) atoms. The molecule has 3 rings (SSSR count). The Morgan fingerprint density at radius 1 is 1.30 bits per heavy atom. The summed E-state index contributed by atoms with van der Waals surface area (Å²) in [5.41, 5.74) is 0.818. The molecule has 0 amide bonds. The number of aliphatic hydroxyl groups excluding tert-OH is 1. The van der Waals surface area contributed by atoms with Gasteiger partial charge in [0.05, 0.1) is 12.7 Å². The molecule has 0 saturated heterocycles. The molecule has 110 valence electrons. The van der Waals surface area contributed by atoms with Gasteiger partial charge in [0.1, 0.15) is 6.10 Å². The average molecular weight is 278 g/mol. The van der Waals surface area contributed by atoms with Gasteiger partial charge in [-0.3, -0.25) is 0 Å². The molecule has 1 saturated carbocycles. The van der Waals surface area contributed by atoms with Gasteiger partial charge in [-0.2, -0.15) is 0 Å². The third kappa shape index (κ3) is 3.07. The van der Waals surface area contributed by atoms with Crippen LogP contribution in [0.3, 0.4) is 0 Å². The molecule has 0 aromatic heterocycles. The van der Waals surface area contributed by atoms with Gasteiger partial charge < -0.3 is 19.3 Å². The van der Waals surface area contributed by atoms with E-state index in [0.29, 0.717) is 18.5 Å². The number of fused-ring (bicyclic) bond motifs is 1. The lowest BCUT2D eigenvalue weighted by Crippen LogP contribution is -2.23. The Kier molecular flexibility index (Phi) is 4.13. The van der Waals surface area contributed by atoms with Gasteiger partial charge in [0, 0.05) is 0 Å². The number of ether oxygens (including phenoxy) is 3. The van der Waals surface area contributed by atoms with Crippen molar-refractivity contribution >= 4 is 0 Å². The summed E-state index contributed by atoms with van der Waals surface area (Å²) in [6.07, 6.45) is 4.42. The van der Waals surface area contributed by atoms with Crippen molar-refractivity contribution in [3.63, 3.8) is 0 Å². The molecule has 0 spiro atoms. The summed E-state index contributed by atoms with van der Waals surface area (Å²) in [6, 6.07) is 5.54. The molecule has 1 aromatic carbocycles.